The van der Waals surface area contributed by atoms with Crippen molar-refractivity contribution in [1.82, 2.24) is 5.32 Å². The molecular formula is C20H23NO4. The Morgan fingerprint density at radius 2 is 1.92 bits per heavy atom. The van der Waals surface area contributed by atoms with Crippen molar-refractivity contribution in [2.75, 3.05) is 13.2 Å². The summed E-state index contributed by atoms with van der Waals surface area (Å²) in [6.45, 7) is 4.59. The summed E-state index contributed by atoms with van der Waals surface area (Å²) < 4.78 is 17.3. The third kappa shape index (κ3) is 4.24. The summed E-state index contributed by atoms with van der Waals surface area (Å²) in [6, 6.07) is 15.3. The largest absolute Gasteiger partial charge is 0.486 e. The van der Waals surface area contributed by atoms with Gasteiger partial charge in [0.1, 0.15) is 18.5 Å². The van der Waals surface area contributed by atoms with Gasteiger partial charge in [-0.1, -0.05) is 37.3 Å². The van der Waals surface area contributed by atoms with Crippen LogP contribution in [0, 0.1) is 0 Å². The number of rotatable bonds is 6. The van der Waals surface area contributed by atoms with Crippen molar-refractivity contribution in [2.45, 2.75) is 32.5 Å². The molecule has 0 fully saturated rings. The van der Waals surface area contributed by atoms with Crippen LogP contribution in [0.25, 0.3) is 0 Å². The quantitative estimate of drug-likeness (QED) is 0.878. The maximum Gasteiger partial charge on any atom is 0.260 e. The molecular weight excluding hydrogens is 318 g/mol. The van der Waals surface area contributed by atoms with Gasteiger partial charge in [-0.15, -0.1) is 0 Å². The van der Waals surface area contributed by atoms with Gasteiger partial charge in [0.25, 0.3) is 5.91 Å². The molecule has 2 aromatic rings. The Labute approximate surface area is 147 Å². The minimum absolute atomic E-state index is 0.173. The van der Waals surface area contributed by atoms with E-state index in [1.807, 2.05) is 48.5 Å². The fraction of sp³-hybridized carbons (Fsp3) is 0.350. The number of hydrogen-bond acceptors (Lipinski definition) is 4. The first-order valence-electron chi connectivity index (χ1n) is 8.58. The second kappa shape index (κ2) is 7.92. The second-order valence-electron chi connectivity index (χ2n) is 5.96. The molecule has 0 bridgehead atoms. The maximum absolute atomic E-state index is 12.3. The van der Waals surface area contributed by atoms with E-state index in [-0.39, 0.29) is 12.0 Å². The molecule has 1 N–H and O–H groups in total. The molecule has 132 valence electrons. The van der Waals surface area contributed by atoms with Crippen LogP contribution in [0.15, 0.2) is 48.5 Å². The molecule has 1 heterocycles. The second-order valence-corrected chi connectivity index (χ2v) is 5.96. The van der Waals surface area contributed by atoms with Crippen LogP contribution in [0.2, 0.25) is 0 Å². The average molecular weight is 341 g/mol. The van der Waals surface area contributed by atoms with Crippen LogP contribution < -0.4 is 19.5 Å². The number of carbonyl (C=O) groups is 1. The molecule has 0 saturated heterocycles. The maximum atomic E-state index is 12.3. The highest BCUT2D eigenvalue weighted by Crippen LogP contribution is 2.30. The van der Waals surface area contributed by atoms with Crippen molar-refractivity contribution in [1.29, 1.82) is 0 Å². The van der Waals surface area contributed by atoms with E-state index in [0.717, 1.165) is 23.5 Å². The van der Waals surface area contributed by atoms with Gasteiger partial charge in [-0.25, -0.2) is 0 Å². The minimum Gasteiger partial charge on any atom is -0.486 e. The van der Waals surface area contributed by atoms with Crippen molar-refractivity contribution in [3.63, 3.8) is 0 Å². The Morgan fingerprint density at radius 1 is 1.20 bits per heavy atom. The number of fused-ring (bicyclic) bond motifs is 1. The van der Waals surface area contributed by atoms with Crippen molar-refractivity contribution >= 4 is 5.91 Å². The van der Waals surface area contributed by atoms with Gasteiger partial charge in [-0.2, -0.15) is 0 Å². The number of amides is 1. The summed E-state index contributed by atoms with van der Waals surface area (Å²) in [5.41, 5.74) is 1.09. The van der Waals surface area contributed by atoms with E-state index >= 15 is 0 Å². The molecule has 0 radical (unpaired) electrons. The van der Waals surface area contributed by atoms with Crippen LogP contribution in [0.3, 0.4) is 0 Å². The number of para-hydroxylation sites is 3. The molecule has 2 atom stereocenters. The number of nitrogens with one attached hydrogen (secondary N) is 1. The summed E-state index contributed by atoms with van der Waals surface area (Å²) in [4.78, 5) is 12.3. The number of aryl methyl sites for hydroxylation is 1. The van der Waals surface area contributed by atoms with Gasteiger partial charge in [-0.05, 0) is 37.1 Å². The first-order valence-corrected chi connectivity index (χ1v) is 8.58. The predicted molar refractivity (Wildman–Crippen MR) is 95.3 cm³/mol. The number of benzene rings is 2. The Hall–Kier alpha value is -2.69. The zero-order valence-corrected chi connectivity index (χ0v) is 14.5. The van der Waals surface area contributed by atoms with Gasteiger partial charge in [0.05, 0.1) is 6.54 Å². The summed E-state index contributed by atoms with van der Waals surface area (Å²) in [7, 11) is 0. The predicted octanol–water partition coefficient (Wildman–Crippen LogP) is 2.97. The topological polar surface area (TPSA) is 56.8 Å². The monoisotopic (exact) mass is 341 g/mol. The van der Waals surface area contributed by atoms with Gasteiger partial charge in [0, 0.05) is 0 Å². The number of ether oxygens (including phenoxy) is 3. The molecule has 1 aliphatic heterocycles. The lowest BCUT2D eigenvalue weighted by molar-refractivity contribution is -0.127. The third-order valence-corrected chi connectivity index (χ3v) is 4.10. The van der Waals surface area contributed by atoms with Crippen LogP contribution >= 0.6 is 0 Å². The molecule has 0 spiro atoms. The molecule has 0 saturated carbocycles. The first kappa shape index (κ1) is 17.1. The zero-order valence-electron chi connectivity index (χ0n) is 14.5. The number of hydrogen-bond donors (Lipinski definition) is 1. The summed E-state index contributed by atoms with van der Waals surface area (Å²) in [6.07, 6.45) is 0.0652. The van der Waals surface area contributed by atoms with E-state index in [2.05, 4.69) is 12.2 Å². The zero-order chi connectivity index (χ0) is 17.6. The van der Waals surface area contributed by atoms with Crippen LogP contribution in [-0.4, -0.2) is 31.3 Å². The molecule has 0 aliphatic carbocycles. The van der Waals surface area contributed by atoms with E-state index in [1.54, 1.807) is 6.92 Å². The molecule has 1 amide bonds. The minimum atomic E-state index is -0.579. The lowest BCUT2D eigenvalue weighted by Gasteiger charge is -2.27. The highest BCUT2D eigenvalue weighted by molar-refractivity contribution is 5.80. The standard InChI is InChI=1S/C20H23NO4/c1-3-15-8-4-5-9-17(15)24-14(2)20(22)21-12-16-13-23-18-10-6-7-11-19(18)25-16/h4-11,14,16H,3,12-13H2,1-2H3,(H,21,22)/t14-,16+/m1/s1. The van der Waals surface area contributed by atoms with Crippen molar-refractivity contribution in [3.05, 3.63) is 54.1 Å². The molecule has 5 nitrogen and oxygen atoms in total. The van der Waals surface area contributed by atoms with E-state index < -0.39 is 6.10 Å². The highest BCUT2D eigenvalue weighted by Gasteiger charge is 2.23. The smallest absolute Gasteiger partial charge is 0.260 e. The van der Waals surface area contributed by atoms with E-state index in [9.17, 15) is 4.79 Å². The van der Waals surface area contributed by atoms with Crippen molar-refractivity contribution < 1.29 is 19.0 Å². The third-order valence-electron chi connectivity index (χ3n) is 4.10. The average Bonchev–Trinajstić information content (AvgIpc) is 2.66. The molecule has 0 unspecified atom stereocenters. The molecule has 5 heteroatoms. The summed E-state index contributed by atoms with van der Waals surface area (Å²) in [5.74, 6) is 2.01. The molecule has 2 aromatic carbocycles. The van der Waals surface area contributed by atoms with Crippen molar-refractivity contribution in [2.24, 2.45) is 0 Å². The van der Waals surface area contributed by atoms with E-state index in [0.29, 0.717) is 18.9 Å². The van der Waals surface area contributed by atoms with Crippen LogP contribution in [-0.2, 0) is 11.2 Å². The van der Waals surface area contributed by atoms with Crippen LogP contribution in [0.4, 0.5) is 0 Å². The molecule has 0 aromatic heterocycles. The highest BCUT2D eigenvalue weighted by atomic mass is 16.6. The Morgan fingerprint density at radius 3 is 2.72 bits per heavy atom. The van der Waals surface area contributed by atoms with Gasteiger partial charge < -0.3 is 19.5 Å². The molecule has 25 heavy (non-hydrogen) atoms. The Kier molecular flexibility index (Phi) is 5.43. The fourth-order valence-corrected chi connectivity index (χ4v) is 2.68. The van der Waals surface area contributed by atoms with Crippen molar-refractivity contribution in [3.8, 4) is 17.2 Å². The normalized spacial score (nSPS) is 16.8. The number of carbonyl (C=O) groups excluding carboxylic acids is 1. The van der Waals surface area contributed by atoms with Crippen LogP contribution in [0.5, 0.6) is 17.2 Å². The van der Waals surface area contributed by atoms with Gasteiger partial charge in [-0.3, -0.25) is 4.79 Å². The fourth-order valence-electron chi connectivity index (χ4n) is 2.68. The molecule has 1 aliphatic rings. The lowest BCUT2D eigenvalue weighted by atomic mass is 10.1. The summed E-state index contributed by atoms with van der Waals surface area (Å²) in [5, 5.41) is 2.87. The van der Waals surface area contributed by atoms with Gasteiger partial charge >= 0.3 is 0 Å². The first-order chi connectivity index (χ1) is 12.2. The van der Waals surface area contributed by atoms with E-state index in [4.69, 9.17) is 14.2 Å². The SMILES string of the molecule is CCc1ccccc1O[C@H](C)C(=O)NC[C@H]1COc2ccccc2O1. The van der Waals surface area contributed by atoms with Gasteiger partial charge in [0.15, 0.2) is 17.6 Å². The Balaban J connectivity index is 1.51. The lowest BCUT2D eigenvalue weighted by Crippen LogP contribution is -2.44. The summed E-state index contributed by atoms with van der Waals surface area (Å²) >= 11 is 0. The van der Waals surface area contributed by atoms with Crippen LogP contribution in [0.1, 0.15) is 19.4 Å². The molecule has 3 rings (SSSR count). The van der Waals surface area contributed by atoms with Gasteiger partial charge in [0.2, 0.25) is 0 Å². The van der Waals surface area contributed by atoms with E-state index in [1.165, 1.54) is 0 Å². The Bertz CT molecular complexity index is 731.